The van der Waals surface area contributed by atoms with Gasteiger partial charge in [-0.25, -0.2) is 14.7 Å². The Bertz CT molecular complexity index is 1150. The predicted molar refractivity (Wildman–Crippen MR) is 141 cm³/mol. The number of benzene rings is 2. The fourth-order valence-corrected chi connectivity index (χ4v) is 3.65. The molecular formula is C24H30IN7. The zero-order valence-corrected chi connectivity index (χ0v) is 20.9. The summed E-state index contributed by atoms with van der Waals surface area (Å²) < 4.78 is 4.14. The van der Waals surface area contributed by atoms with Crippen LogP contribution in [0.2, 0.25) is 0 Å². The number of aliphatic imine (C=N–C) groups is 1. The Kier molecular flexibility index (Phi) is 8.66. The number of para-hydroxylation sites is 2. The molecule has 2 aromatic carbocycles. The molecule has 32 heavy (non-hydrogen) atoms. The third-order valence-electron chi connectivity index (χ3n) is 5.14. The first kappa shape index (κ1) is 23.8. The number of hydrogen-bond acceptors (Lipinski definition) is 3. The number of rotatable bonds is 8. The van der Waals surface area contributed by atoms with Gasteiger partial charge in [-0.15, -0.1) is 24.0 Å². The molecule has 4 rings (SSSR count). The van der Waals surface area contributed by atoms with E-state index in [0.717, 1.165) is 54.6 Å². The van der Waals surface area contributed by atoms with Gasteiger partial charge in [-0.1, -0.05) is 24.3 Å². The number of aromatic nitrogens is 4. The number of nitrogens with one attached hydrogen (secondary N) is 2. The van der Waals surface area contributed by atoms with Crippen molar-refractivity contribution in [2.75, 3.05) is 13.1 Å². The zero-order chi connectivity index (χ0) is 21.5. The molecule has 4 aromatic rings. The van der Waals surface area contributed by atoms with E-state index in [9.17, 15) is 0 Å². The van der Waals surface area contributed by atoms with Crippen LogP contribution in [0.1, 0.15) is 24.7 Å². The van der Waals surface area contributed by atoms with Gasteiger partial charge in [0.15, 0.2) is 5.96 Å². The van der Waals surface area contributed by atoms with E-state index >= 15 is 0 Å². The van der Waals surface area contributed by atoms with Crippen LogP contribution in [0.25, 0.3) is 16.7 Å². The van der Waals surface area contributed by atoms with Gasteiger partial charge in [0.1, 0.15) is 5.82 Å². The fraction of sp³-hybridized carbons (Fsp3) is 0.292. The first-order valence-corrected chi connectivity index (χ1v) is 10.8. The number of fused-ring (bicyclic) bond motifs is 1. The molecule has 0 aliphatic heterocycles. The van der Waals surface area contributed by atoms with E-state index in [2.05, 4.69) is 69.5 Å². The van der Waals surface area contributed by atoms with Crippen LogP contribution in [0.15, 0.2) is 72.0 Å². The van der Waals surface area contributed by atoms with Crippen molar-refractivity contribution in [1.82, 2.24) is 30.0 Å². The summed E-state index contributed by atoms with van der Waals surface area (Å²) in [6, 6.07) is 18.5. The molecule has 8 heteroatoms. The minimum absolute atomic E-state index is 0. The molecule has 2 aromatic heterocycles. The van der Waals surface area contributed by atoms with Crippen molar-refractivity contribution in [2.24, 2.45) is 4.99 Å². The molecule has 0 saturated carbocycles. The normalized spacial score (nSPS) is 11.4. The Morgan fingerprint density at radius 3 is 2.75 bits per heavy atom. The predicted octanol–water partition coefficient (Wildman–Crippen LogP) is 4.29. The van der Waals surface area contributed by atoms with Gasteiger partial charge < -0.3 is 15.2 Å². The molecule has 0 bridgehead atoms. The maximum atomic E-state index is 4.75. The largest absolute Gasteiger partial charge is 0.357 e. The van der Waals surface area contributed by atoms with Crippen molar-refractivity contribution in [3.63, 3.8) is 0 Å². The quantitative estimate of drug-likeness (QED) is 0.151. The first-order chi connectivity index (χ1) is 15.2. The second kappa shape index (κ2) is 11.7. The Hall–Kier alpha value is -2.88. The van der Waals surface area contributed by atoms with Crippen molar-refractivity contribution >= 4 is 41.0 Å². The smallest absolute Gasteiger partial charge is 0.191 e. The lowest BCUT2D eigenvalue weighted by molar-refractivity contribution is 0.624. The monoisotopic (exact) mass is 543 g/mol. The molecule has 0 spiro atoms. The molecule has 2 N–H and O–H groups in total. The Labute approximate surface area is 206 Å². The Morgan fingerprint density at radius 2 is 1.94 bits per heavy atom. The van der Waals surface area contributed by atoms with Crippen LogP contribution in [0.5, 0.6) is 0 Å². The van der Waals surface area contributed by atoms with Crippen molar-refractivity contribution in [3.8, 4) is 5.69 Å². The van der Waals surface area contributed by atoms with Crippen LogP contribution in [-0.2, 0) is 13.1 Å². The minimum atomic E-state index is 0. The van der Waals surface area contributed by atoms with Gasteiger partial charge in [0.2, 0.25) is 0 Å². The van der Waals surface area contributed by atoms with Crippen LogP contribution in [0.3, 0.4) is 0 Å². The van der Waals surface area contributed by atoms with Crippen LogP contribution < -0.4 is 10.6 Å². The molecule has 2 heterocycles. The maximum absolute atomic E-state index is 4.75. The van der Waals surface area contributed by atoms with E-state index in [4.69, 9.17) is 4.99 Å². The average molecular weight is 543 g/mol. The van der Waals surface area contributed by atoms with Gasteiger partial charge in [0, 0.05) is 32.0 Å². The van der Waals surface area contributed by atoms with Crippen LogP contribution in [0.4, 0.5) is 0 Å². The number of hydrogen-bond donors (Lipinski definition) is 2. The number of nitrogens with zero attached hydrogens (tertiary/aromatic N) is 5. The fourth-order valence-electron chi connectivity index (χ4n) is 3.65. The third kappa shape index (κ3) is 5.87. The highest BCUT2D eigenvalue weighted by Crippen LogP contribution is 2.15. The summed E-state index contributed by atoms with van der Waals surface area (Å²) in [6.45, 7) is 7.34. The van der Waals surface area contributed by atoms with Crippen molar-refractivity contribution in [3.05, 3.63) is 78.4 Å². The number of imidazole rings is 1. The standard InChI is InChI=1S/C24H29N7.HI/c1-3-25-24(27-18-20-9-6-10-21(17-20)31-16-8-14-28-31)26-13-7-15-30-19(2)29-22-11-4-5-12-23(22)30;/h4-6,8-12,14,16-17H,3,7,13,15,18H2,1-2H3,(H2,25,26,27);1H. The maximum Gasteiger partial charge on any atom is 0.191 e. The molecule has 0 radical (unpaired) electrons. The van der Waals surface area contributed by atoms with Crippen molar-refractivity contribution < 1.29 is 0 Å². The summed E-state index contributed by atoms with van der Waals surface area (Å²) in [6.07, 6.45) is 4.71. The lowest BCUT2D eigenvalue weighted by Gasteiger charge is -2.12. The van der Waals surface area contributed by atoms with E-state index in [1.807, 2.05) is 35.1 Å². The van der Waals surface area contributed by atoms with E-state index in [1.165, 1.54) is 5.52 Å². The SMILES string of the molecule is CCNC(=NCc1cccc(-n2cccn2)c1)NCCCn1c(C)nc2ccccc21.I. The summed E-state index contributed by atoms with van der Waals surface area (Å²) in [5, 5.41) is 11.1. The molecule has 168 valence electrons. The van der Waals surface area contributed by atoms with Gasteiger partial charge in [0.25, 0.3) is 0 Å². The van der Waals surface area contributed by atoms with Gasteiger partial charge in [0.05, 0.1) is 23.3 Å². The molecule has 0 unspecified atom stereocenters. The van der Waals surface area contributed by atoms with E-state index < -0.39 is 0 Å². The third-order valence-corrected chi connectivity index (χ3v) is 5.14. The van der Waals surface area contributed by atoms with Gasteiger partial charge >= 0.3 is 0 Å². The highest BCUT2D eigenvalue weighted by molar-refractivity contribution is 14.0. The summed E-state index contributed by atoms with van der Waals surface area (Å²) in [5.74, 6) is 1.89. The van der Waals surface area contributed by atoms with E-state index in [-0.39, 0.29) is 24.0 Å². The second-order valence-corrected chi connectivity index (χ2v) is 7.40. The highest BCUT2D eigenvalue weighted by atomic mass is 127. The molecule has 0 aliphatic carbocycles. The first-order valence-electron chi connectivity index (χ1n) is 10.8. The van der Waals surface area contributed by atoms with Crippen LogP contribution in [0, 0.1) is 6.92 Å². The average Bonchev–Trinajstić information content (AvgIpc) is 3.43. The summed E-state index contributed by atoms with van der Waals surface area (Å²) >= 11 is 0. The molecule has 0 aliphatic rings. The molecule has 0 atom stereocenters. The molecular weight excluding hydrogens is 513 g/mol. The topological polar surface area (TPSA) is 72.1 Å². The van der Waals surface area contributed by atoms with Gasteiger partial charge in [-0.05, 0) is 56.2 Å². The van der Waals surface area contributed by atoms with Gasteiger partial charge in [-0.2, -0.15) is 5.10 Å². The lowest BCUT2D eigenvalue weighted by Crippen LogP contribution is -2.38. The lowest BCUT2D eigenvalue weighted by atomic mass is 10.2. The minimum Gasteiger partial charge on any atom is -0.357 e. The molecule has 0 fully saturated rings. The Morgan fingerprint density at radius 1 is 1.06 bits per heavy atom. The van der Waals surface area contributed by atoms with Crippen molar-refractivity contribution in [2.45, 2.75) is 33.4 Å². The Balaban J connectivity index is 0.00000289. The van der Waals surface area contributed by atoms with Crippen molar-refractivity contribution in [1.29, 1.82) is 0 Å². The zero-order valence-electron chi connectivity index (χ0n) is 18.5. The molecule has 0 saturated heterocycles. The molecule has 7 nitrogen and oxygen atoms in total. The molecule has 0 amide bonds. The van der Waals surface area contributed by atoms with Crippen LogP contribution in [-0.4, -0.2) is 38.4 Å². The number of aryl methyl sites for hydroxylation is 2. The second-order valence-electron chi connectivity index (χ2n) is 7.40. The summed E-state index contributed by atoms with van der Waals surface area (Å²) in [5.41, 5.74) is 4.43. The summed E-state index contributed by atoms with van der Waals surface area (Å²) in [7, 11) is 0. The van der Waals surface area contributed by atoms with Crippen LogP contribution >= 0.6 is 24.0 Å². The van der Waals surface area contributed by atoms with E-state index in [1.54, 1.807) is 6.20 Å². The number of guanidine groups is 1. The number of halogens is 1. The summed E-state index contributed by atoms with van der Waals surface area (Å²) in [4.78, 5) is 9.40. The highest BCUT2D eigenvalue weighted by Gasteiger charge is 2.06. The van der Waals surface area contributed by atoms with Gasteiger partial charge in [-0.3, -0.25) is 0 Å². The van der Waals surface area contributed by atoms with E-state index in [0.29, 0.717) is 6.54 Å².